The Bertz CT molecular complexity index is 706. The third kappa shape index (κ3) is 2.69. The van der Waals surface area contributed by atoms with E-state index in [4.69, 9.17) is 11.6 Å². The topological polar surface area (TPSA) is 37.8 Å². The van der Waals surface area contributed by atoms with Crippen LogP contribution in [-0.4, -0.2) is 9.97 Å². The van der Waals surface area contributed by atoms with E-state index in [1.807, 2.05) is 37.4 Å². The van der Waals surface area contributed by atoms with E-state index in [-0.39, 0.29) is 0 Å². The number of nitrogens with one attached hydrogen (secondary N) is 1. The average Bonchev–Trinajstić information content (AvgIpc) is 2.83. The number of rotatable bonds is 3. The summed E-state index contributed by atoms with van der Waals surface area (Å²) in [4.78, 5) is 8.78. The lowest BCUT2D eigenvalue weighted by Gasteiger charge is -2.02. The Morgan fingerprint density at radius 1 is 1.26 bits per heavy atom. The Morgan fingerprint density at radius 3 is 2.89 bits per heavy atom. The molecule has 3 aromatic rings. The SMILES string of the molecule is Cc1ccc(CNc2nc3cccc(Cl)c3s2)cn1. The molecule has 0 saturated heterocycles. The first-order chi connectivity index (χ1) is 9.22. The molecule has 96 valence electrons. The van der Waals surface area contributed by atoms with Crippen LogP contribution in [0.3, 0.4) is 0 Å². The second-order valence-corrected chi connectivity index (χ2v) is 5.67. The van der Waals surface area contributed by atoms with Crippen molar-refractivity contribution < 1.29 is 0 Å². The maximum absolute atomic E-state index is 6.14. The fraction of sp³-hybridized carbons (Fsp3) is 0.143. The fourth-order valence-electron chi connectivity index (χ4n) is 1.77. The van der Waals surface area contributed by atoms with Gasteiger partial charge in [0.05, 0.1) is 15.2 Å². The standard InChI is InChI=1S/C14H12ClN3S/c1-9-5-6-10(7-16-9)8-17-14-18-12-4-2-3-11(15)13(12)19-14/h2-7H,8H2,1H3,(H,17,18). The molecule has 19 heavy (non-hydrogen) atoms. The van der Waals surface area contributed by atoms with Crippen molar-refractivity contribution >= 4 is 38.3 Å². The number of benzene rings is 1. The number of hydrogen-bond acceptors (Lipinski definition) is 4. The summed E-state index contributed by atoms with van der Waals surface area (Å²) in [6.45, 7) is 2.69. The molecule has 2 heterocycles. The van der Waals surface area contributed by atoms with E-state index in [0.29, 0.717) is 6.54 Å². The zero-order valence-electron chi connectivity index (χ0n) is 10.4. The molecular weight excluding hydrogens is 278 g/mol. The first-order valence-electron chi connectivity index (χ1n) is 5.93. The summed E-state index contributed by atoms with van der Waals surface area (Å²) in [5, 5.41) is 4.93. The number of fused-ring (bicyclic) bond motifs is 1. The summed E-state index contributed by atoms with van der Waals surface area (Å²) in [6.07, 6.45) is 1.88. The minimum atomic E-state index is 0.713. The van der Waals surface area contributed by atoms with Gasteiger partial charge in [0.1, 0.15) is 0 Å². The minimum absolute atomic E-state index is 0.713. The first kappa shape index (κ1) is 12.4. The lowest BCUT2D eigenvalue weighted by molar-refractivity contribution is 1.08. The minimum Gasteiger partial charge on any atom is -0.357 e. The van der Waals surface area contributed by atoms with Crippen molar-refractivity contribution in [1.82, 2.24) is 9.97 Å². The van der Waals surface area contributed by atoms with Gasteiger partial charge in [-0.15, -0.1) is 0 Å². The highest BCUT2D eigenvalue weighted by Gasteiger charge is 2.06. The van der Waals surface area contributed by atoms with E-state index in [0.717, 1.165) is 31.6 Å². The van der Waals surface area contributed by atoms with Gasteiger partial charge in [0, 0.05) is 18.4 Å². The van der Waals surface area contributed by atoms with Crippen LogP contribution in [0.1, 0.15) is 11.3 Å². The molecule has 0 radical (unpaired) electrons. The molecule has 1 aromatic carbocycles. The van der Waals surface area contributed by atoms with Gasteiger partial charge in [-0.3, -0.25) is 4.98 Å². The molecule has 3 rings (SSSR count). The Balaban J connectivity index is 1.78. The summed E-state index contributed by atoms with van der Waals surface area (Å²) in [5.41, 5.74) is 3.09. The number of nitrogens with zero attached hydrogens (tertiary/aromatic N) is 2. The number of aryl methyl sites for hydroxylation is 1. The third-order valence-electron chi connectivity index (χ3n) is 2.78. The van der Waals surface area contributed by atoms with Crippen LogP contribution in [0.15, 0.2) is 36.5 Å². The molecule has 0 bridgehead atoms. The van der Waals surface area contributed by atoms with Crippen LogP contribution in [0.5, 0.6) is 0 Å². The zero-order chi connectivity index (χ0) is 13.2. The van der Waals surface area contributed by atoms with Crippen molar-refractivity contribution in [2.75, 3.05) is 5.32 Å². The van der Waals surface area contributed by atoms with Gasteiger partial charge in [0.15, 0.2) is 5.13 Å². The number of halogens is 1. The summed E-state index contributed by atoms with van der Waals surface area (Å²) in [6, 6.07) is 9.84. The van der Waals surface area contributed by atoms with E-state index in [1.165, 1.54) is 0 Å². The van der Waals surface area contributed by atoms with Crippen LogP contribution in [0, 0.1) is 6.92 Å². The monoisotopic (exact) mass is 289 g/mol. The largest absolute Gasteiger partial charge is 0.357 e. The number of hydrogen-bond donors (Lipinski definition) is 1. The zero-order valence-corrected chi connectivity index (χ0v) is 11.9. The molecule has 0 saturated carbocycles. The second-order valence-electron chi connectivity index (χ2n) is 4.27. The number of anilines is 1. The molecule has 0 aliphatic heterocycles. The molecule has 5 heteroatoms. The smallest absolute Gasteiger partial charge is 0.184 e. The van der Waals surface area contributed by atoms with Gasteiger partial charge in [-0.2, -0.15) is 0 Å². The number of pyridine rings is 1. The van der Waals surface area contributed by atoms with Crippen LogP contribution < -0.4 is 5.32 Å². The highest BCUT2D eigenvalue weighted by atomic mass is 35.5. The van der Waals surface area contributed by atoms with Crippen molar-refractivity contribution in [1.29, 1.82) is 0 Å². The maximum atomic E-state index is 6.14. The van der Waals surface area contributed by atoms with E-state index in [9.17, 15) is 0 Å². The lowest BCUT2D eigenvalue weighted by atomic mass is 10.2. The normalized spacial score (nSPS) is 10.8. The quantitative estimate of drug-likeness (QED) is 0.782. The molecule has 0 amide bonds. The highest BCUT2D eigenvalue weighted by molar-refractivity contribution is 7.22. The van der Waals surface area contributed by atoms with Gasteiger partial charge in [-0.25, -0.2) is 4.98 Å². The summed E-state index contributed by atoms with van der Waals surface area (Å²) >= 11 is 7.71. The predicted octanol–water partition coefficient (Wildman–Crippen LogP) is 4.27. The molecule has 1 N–H and O–H groups in total. The molecule has 0 spiro atoms. The second kappa shape index (κ2) is 5.15. The summed E-state index contributed by atoms with van der Waals surface area (Å²) in [7, 11) is 0. The van der Waals surface area contributed by atoms with Gasteiger partial charge in [0.2, 0.25) is 0 Å². The van der Waals surface area contributed by atoms with Gasteiger partial charge >= 0.3 is 0 Å². The summed E-state index contributed by atoms with van der Waals surface area (Å²) < 4.78 is 1.02. The predicted molar refractivity (Wildman–Crippen MR) is 80.9 cm³/mol. The van der Waals surface area contributed by atoms with Gasteiger partial charge in [-0.05, 0) is 30.7 Å². The Labute approximate surface area is 120 Å². The molecule has 2 aromatic heterocycles. The van der Waals surface area contributed by atoms with Gasteiger partial charge in [-0.1, -0.05) is 35.1 Å². The van der Waals surface area contributed by atoms with E-state index >= 15 is 0 Å². The molecule has 0 aliphatic carbocycles. The van der Waals surface area contributed by atoms with Gasteiger partial charge < -0.3 is 5.32 Å². The van der Waals surface area contributed by atoms with Crippen LogP contribution in [-0.2, 0) is 6.54 Å². The Kier molecular flexibility index (Phi) is 3.36. The first-order valence-corrected chi connectivity index (χ1v) is 7.12. The van der Waals surface area contributed by atoms with Crippen LogP contribution in [0.4, 0.5) is 5.13 Å². The maximum Gasteiger partial charge on any atom is 0.184 e. The van der Waals surface area contributed by atoms with Crippen molar-refractivity contribution in [3.8, 4) is 0 Å². The van der Waals surface area contributed by atoms with Crippen molar-refractivity contribution in [2.45, 2.75) is 13.5 Å². The molecule has 0 fully saturated rings. The van der Waals surface area contributed by atoms with E-state index in [2.05, 4.69) is 21.4 Å². The average molecular weight is 290 g/mol. The molecular formula is C14H12ClN3S. The van der Waals surface area contributed by atoms with Crippen molar-refractivity contribution in [3.05, 3.63) is 52.8 Å². The highest BCUT2D eigenvalue weighted by Crippen LogP contribution is 2.31. The van der Waals surface area contributed by atoms with Crippen LogP contribution in [0.2, 0.25) is 5.02 Å². The van der Waals surface area contributed by atoms with Crippen LogP contribution >= 0.6 is 22.9 Å². The molecule has 0 unspecified atom stereocenters. The van der Waals surface area contributed by atoms with E-state index < -0.39 is 0 Å². The van der Waals surface area contributed by atoms with E-state index in [1.54, 1.807) is 11.3 Å². The fourth-order valence-corrected chi connectivity index (χ4v) is 2.92. The lowest BCUT2D eigenvalue weighted by Crippen LogP contribution is -1.99. The van der Waals surface area contributed by atoms with Gasteiger partial charge in [0.25, 0.3) is 0 Å². The Hall–Kier alpha value is -1.65. The molecule has 0 aliphatic rings. The van der Waals surface area contributed by atoms with Crippen molar-refractivity contribution in [3.63, 3.8) is 0 Å². The molecule has 0 atom stereocenters. The number of aromatic nitrogens is 2. The molecule has 3 nitrogen and oxygen atoms in total. The third-order valence-corrected chi connectivity index (χ3v) is 4.27. The van der Waals surface area contributed by atoms with Crippen LogP contribution in [0.25, 0.3) is 10.2 Å². The van der Waals surface area contributed by atoms with Crippen molar-refractivity contribution in [2.24, 2.45) is 0 Å². The Morgan fingerprint density at radius 2 is 2.16 bits per heavy atom. The number of thiazole rings is 1. The summed E-state index contributed by atoms with van der Waals surface area (Å²) in [5.74, 6) is 0.